The van der Waals surface area contributed by atoms with Gasteiger partial charge in [-0.3, -0.25) is 0 Å². The molecule has 20 heavy (non-hydrogen) atoms. The number of benzene rings is 1. The standard InChI is InChI=1S/C15H17FN2O2/c1-3-10(4-2)14-9-12(15(19)20)17-18(14)13-8-6-5-7-11(13)16/h5-10H,3-4H2,1-2H3,(H,19,20). The van der Waals surface area contributed by atoms with E-state index in [-0.39, 0.29) is 17.3 Å². The van der Waals surface area contributed by atoms with Gasteiger partial charge in [-0.05, 0) is 31.0 Å². The molecular formula is C15H17FN2O2. The topological polar surface area (TPSA) is 55.1 Å². The van der Waals surface area contributed by atoms with Crippen LogP contribution in [0.15, 0.2) is 30.3 Å². The first-order chi connectivity index (χ1) is 9.58. The summed E-state index contributed by atoms with van der Waals surface area (Å²) in [6, 6.07) is 7.77. The van der Waals surface area contributed by atoms with Gasteiger partial charge in [-0.1, -0.05) is 26.0 Å². The van der Waals surface area contributed by atoms with Crippen molar-refractivity contribution >= 4 is 5.97 Å². The van der Waals surface area contributed by atoms with Gasteiger partial charge >= 0.3 is 5.97 Å². The number of carboxylic acid groups (broad SMARTS) is 1. The monoisotopic (exact) mass is 276 g/mol. The number of nitrogens with zero attached hydrogens (tertiary/aromatic N) is 2. The van der Waals surface area contributed by atoms with Crippen LogP contribution in [0.1, 0.15) is 48.8 Å². The Balaban J connectivity index is 2.61. The van der Waals surface area contributed by atoms with E-state index in [0.717, 1.165) is 18.5 Å². The van der Waals surface area contributed by atoms with Gasteiger partial charge in [-0.15, -0.1) is 0 Å². The highest BCUT2D eigenvalue weighted by Gasteiger charge is 2.20. The molecule has 1 aromatic carbocycles. The third-order valence-electron chi connectivity index (χ3n) is 3.44. The average Bonchev–Trinajstić information content (AvgIpc) is 2.86. The fraction of sp³-hybridized carbons (Fsp3) is 0.333. The summed E-state index contributed by atoms with van der Waals surface area (Å²) in [4.78, 5) is 11.1. The molecule has 0 spiro atoms. The van der Waals surface area contributed by atoms with Gasteiger partial charge < -0.3 is 5.11 Å². The van der Waals surface area contributed by atoms with Crippen molar-refractivity contribution in [2.24, 2.45) is 0 Å². The smallest absolute Gasteiger partial charge is 0.356 e. The molecule has 0 aliphatic heterocycles. The summed E-state index contributed by atoms with van der Waals surface area (Å²) in [6.07, 6.45) is 1.69. The third-order valence-corrected chi connectivity index (χ3v) is 3.44. The van der Waals surface area contributed by atoms with Crippen LogP contribution in [0.2, 0.25) is 0 Å². The first-order valence-electron chi connectivity index (χ1n) is 6.66. The Morgan fingerprint density at radius 3 is 2.55 bits per heavy atom. The van der Waals surface area contributed by atoms with Gasteiger partial charge in [0, 0.05) is 11.6 Å². The Morgan fingerprint density at radius 1 is 1.35 bits per heavy atom. The number of para-hydroxylation sites is 1. The van der Waals surface area contributed by atoms with Gasteiger partial charge in [0.15, 0.2) is 5.69 Å². The molecule has 0 saturated heterocycles. The van der Waals surface area contributed by atoms with E-state index in [1.807, 2.05) is 13.8 Å². The Kier molecular flexibility index (Phi) is 4.17. The molecule has 1 aromatic heterocycles. The number of rotatable bonds is 5. The molecule has 0 aliphatic rings. The van der Waals surface area contributed by atoms with Crippen molar-refractivity contribution in [1.82, 2.24) is 9.78 Å². The normalized spacial score (nSPS) is 11.0. The third kappa shape index (κ3) is 2.57. The van der Waals surface area contributed by atoms with Crippen LogP contribution in [-0.2, 0) is 0 Å². The lowest BCUT2D eigenvalue weighted by molar-refractivity contribution is 0.0690. The summed E-state index contributed by atoms with van der Waals surface area (Å²) in [5, 5.41) is 13.1. The summed E-state index contributed by atoms with van der Waals surface area (Å²) in [6.45, 7) is 4.04. The van der Waals surface area contributed by atoms with Gasteiger partial charge in [-0.25, -0.2) is 13.9 Å². The SMILES string of the molecule is CCC(CC)c1cc(C(=O)O)nn1-c1ccccc1F. The van der Waals surface area contributed by atoms with Gasteiger partial charge in [-0.2, -0.15) is 5.10 Å². The molecule has 2 rings (SSSR count). The van der Waals surface area contributed by atoms with E-state index >= 15 is 0 Å². The molecule has 2 aromatic rings. The molecule has 0 saturated carbocycles. The summed E-state index contributed by atoms with van der Waals surface area (Å²) in [5.74, 6) is -1.37. The van der Waals surface area contributed by atoms with Crippen LogP contribution in [-0.4, -0.2) is 20.9 Å². The highest BCUT2D eigenvalue weighted by Crippen LogP contribution is 2.27. The second-order valence-corrected chi connectivity index (χ2v) is 4.64. The number of halogens is 1. The second kappa shape index (κ2) is 5.86. The van der Waals surface area contributed by atoms with Crippen molar-refractivity contribution in [1.29, 1.82) is 0 Å². The predicted molar refractivity (Wildman–Crippen MR) is 73.8 cm³/mol. The molecule has 0 atom stereocenters. The first-order valence-corrected chi connectivity index (χ1v) is 6.66. The minimum atomic E-state index is -1.10. The highest BCUT2D eigenvalue weighted by atomic mass is 19.1. The van der Waals surface area contributed by atoms with Crippen LogP contribution in [0.25, 0.3) is 5.69 Å². The van der Waals surface area contributed by atoms with E-state index in [9.17, 15) is 9.18 Å². The number of hydrogen-bond acceptors (Lipinski definition) is 2. The molecule has 0 bridgehead atoms. The maximum Gasteiger partial charge on any atom is 0.356 e. The van der Waals surface area contributed by atoms with Crippen LogP contribution >= 0.6 is 0 Å². The Labute approximate surface area is 116 Å². The Morgan fingerprint density at radius 2 is 2.00 bits per heavy atom. The zero-order valence-electron chi connectivity index (χ0n) is 11.5. The van der Waals surface area contributed by atoms with Gasteiger partial charge in [0.1, 0.15) is 11.5 Å². The quantitative estimate of drug-likeness (QED) is 0.907. The van der Waals surface area contributed by atoms with Crippen LogP contribution in [0, 0.1) is 5.82 Å². The fourth-order valence-corrected chi connectivity index (χ4v) is 2.31. The van der Waals surface area contributed by atoms with E-state index in [2.05, 4.69) is 5.10 Å². The van der Waals surface area contributed by atoms with Crippen LogP contribution in [0.4, 0.5) is 4.39 Å². The van der Waals surface area contributed by atoms with E-state index in [4.69, 9.17) is 5.11 Å². The molecule has 0 amide bonds. The molecule has 4 nitrogen and oxygen atoms in total. The lowest BCUT2D eigenvalue weighted by Gasteiger charge is -2.15. The van der Waals surface area contributed by atoms with Gasteiger partial charge in [0.05, 0.1) is 0 Å². The largest absolute Gasteiger partial charge is 0.476 e. The highest BCUT2D eigenvalue weighted by molar-refractivity contribution is 5.85. The van der Waals surface area contributed by atoms with Crippen molar-refractivity contribution in [3.05, 3.63) is 47.5 Å². The van der Waals surface area contributed by atoms with Crippen molar-refractivity contribution in [2.75, 3.05) is 0 Å². The van der Waals surface area contributed by atoms with Crippen molar-refractivity contribution < 1.29 is 14.3 Å². The lowest BCUT2D eigenvalue weighted by atomic mass is 9.99. The number of hydrogen-bond donors (Lipinski definition) is 1. The molecular weight excluding hydrogens is 259 g/mol. The molecule has 1 N–H and O–H groups in total. The van der Waals surface area contributed by atoms with E-state index < -0.39 is 11.8 Å². The van der Waals surface area contributed by atoms with Gasteiger partial charge in [0.2, 0.25) is 0 Å². The average molecular weight is 276 g/mol. The number of carboxylic acids is 1. The van der Waals surface area contributed by atoms with Crippen LogP contribution in [0.5, 0.6) is 0 Å². The number of aromatic nitrogens is 2. The zero-order valence-corrected chi connectivity index (χ0v) is 11.5. The Hall–Kier alpha value is -2.17. The second-order valence-electron chi connectivity index (χ2n) is 4.64. The molecule has 0 radical (unpaired) electrons. The summed E-state index contributed by atoms with van der Waals surface area (Å²) >= 11 is 0. The Bertz CT molecular complexity index is 618. The van der Waals surface area contributed by atoms with Crippen LogP contribution < -0.4 is 0 Å². The van der Waals surface area contributed by atoms with Crippen molar-refractivity contribution in [3.63, 3.8) is 0 Å². The van der Waals surface area contributed by atoms with E-state index in [1.165, 1.54) is 16.8 Å². The zero-order chi connectivity index (χ0) is 14.7. The fourth-order valence-electron chi connectivity index (χ4n) is 2.31. The van der Waals surface area contributed by atoms with Crippen LogP contribution in [0.3, 0.4) is 0 Å². The van der Waals surface area contributed by atoms with Gasteiger partial charge in [0.25, 0.3) is 0 Å². The maximum absolute atomic E-state index is 13.9. The molecule has 0 aliphatic carbocycles. The van der Waals surface area contributed by atoms with E-state index in [0.29, 0.717) is 0 Å². The summed E-state index contributed by atoms with van der Waals surface area (Å²) < 4.78 is 15.3. The summed E-state index contributed by atoms with van der Waals surface area (Å²) in [7, 11) is 0. The number of aromatic carboxylic acids is 1. The first kappa shape index (κ1) is 14.2. The molecule has 0 fully saturated rings. The number of carbonyl (C=O) groups is 1. The lowest BCUT2D eigenvalue weighted by Crippen LogP contribution is -2.08. The predicted octanol–water partition coefficient (Wildman–Crippen LogP) is 3.61. The molecule has 0 unspecified atom stereocenters. The summed E-state index contributed by atoms with van der Waals surface area (Å²) in [5.41, 5.74) is 0.953. The minimum absolute atomic E-state index is 0.0600. The van der Waals surface area contributed by atoms with E-state index in [1.54, 1.807) is 18.2 Å². The minimum Gasteiger partial charge on any atom is -0.476 e. The van der Waals surface area contributed by atoms with Crippen molar-refractivity contribution in [2.45, 2.75) is 32.6 Å². The maximum atomic E-state index is 13.9. The molecule has 5 heteroatoms. The molecule has 106 valence electrons. The van der Waals surface area contributed by atoms with Crippen molar-refractivity contribution in [3.8, 4) is 5.69 Å². The molecule has 1 heterocycles.